The predicted octanol–water partition coefficient (Wildman–Crippen LogP) is 3.54. The number of rotatable bonds is 7. The third kappa shape index (κ3) is 12.7. The maximum absolute atomic E-state index is 4.66. The molecule has 1 aromatic carbocycles. The fourth-order valence-electron chi connectivity index (χ4n) is 1.90. The molecule has 0 spiro atoms. The van der Waals surface area contributed by atoms with E-state index in [2.05, 4.69) is 61.8 Å². The van der Waals surface area contributed by atoms with E-state index >= 15 is 0 Å². The van der Waals surface area contributed by atoms with Crippen LogP contribution in [0, 0.1) is 0 Å². The topological polar surface area (TPSA) is 26.0 Å². The van der Waals surface area contributed by atoms with Crippen molar-refractivity contribution in [2.24, 2.45) is 5.73 Å². The summed E-state index contributed by atoms with van der Waals surface area (Å²) in [7, 11) is 0. The molecule has 0 aromatic heterocycles. The zero-order chi connectivity index (χ0) is 14.5. The van der Waals surface area contributed by atoms with E-state index in [4.69, 9.17) is 0 Å². The van der Waals surface area contributed by atoms with E-state index in [0.717, 1.165) is 0 Å². The minimum Gasteiger partial charge on any atom is -0.415 e. The molecule has 2 N–H and O–H groups in total. The Balaban J connectivity index is 0.000000711. The van der Waals surface area contributed by atoms with Gasteiger partial charge in [0.25, 0.3) is 0 Å². The van der Waals surface area contributed by atoms with Crippen molar-refractivity contribution in [3.05, 3.63) is 29.8 Å². The first-order valence-electron chi connectivity index (χ1n) is 6.94. The number of aryl methyl sites for hydroxylation is 1. The first kappa shape index (κ1) is 19.0. The van der Waals surface area contributed by atoms with E-state index < -0.39 is 0 Å². The molecule has 0 amide bonds. The second-order valence-corrected chi connectivity index (χ2v) is 7.34. The average molecular weight is 347 g/mol. The first-order chi connectivity index (χ1) is 9.07. The van der Waals surface area contributed by atoms with Gasteiger partial charge in [-0.05, 0) is 0 Å². The van der Waals surface area contributed by atoms with Crippen molar-refractivity contribution < 1.29 is 18.3 Å². The maximum Gasteiger partial charge on any atom is -0.0708 e. The Morgan fingerprint density at radius 3 is 2.26 bits per heavy atom. The molecule has 0 bridgehead atoms. The van der Waals surface area contributed by atoms with Crippen LogP contribution in [0.3, 0.4) is 0 Å². The summed E-state index contributed by atoms with van der Waals surface area (Å²) in [6, 6.07) is 8.90. The summed E-state index contributed by atoms with van der Waals surface area (Å²) in [5.41, 5.74) is 6.25. The molecule has 0 heterocycles. The first-order valence-corrected chi connectivity index (χ1v) is 9.24. The molecular formula is C15H23NS2Zn. The van der Waals surface area contributed by atoms with Crippen LogP contribution in [0.4, 0.5) is 0 Å². The quantitative estimate of drug-likeness (QED) is 0.354. The number of benzene rings is 1. The molecule has 0 unspecified atom stereocenters. The predicted molar refractivity (Wildman–Crippen MR) is 87.3 cm³/mol. The van der Waals surface area contributed by atoms with Crippen LogP contribution in [0.2, 0.25) is 0 Å². The summed E-state index contributed by atoms with van der Waals surface area (Å²) in [6.45, 7) is 2.28. The molecular weight excluding hydrogens is 324 g/mol. The smallest absolute Gasteiger partial charge is 0.0708 e. The van der Waals surface area contributed by atoms with Gasteiger partial charge in [0, 0.05) is 0 Å². The summed E-state index contributed by atoms with van der Waals surface area (Å²) >= 11 is 9.56. The summed E-state index contributed by atoms with van der Waals surface area (Å²) < 4.78 is 1.66. The van der Waals surface area contributed by atoms with Crippen LogP contribution in [0.1, 0.15) is 51.0 Å². The number of hydrogen-bond acceptors (Lipinski definition) is 2. The van der Waals surface area contributed by atoms with E-state index in [-0.39, 0.29) is 4.32 Å². The number of unbranched alkanes of at least 4 members (excludes halogenated alkanes) is 5. The minimum absolute atomic E-state index is 0.0833. The van der Waals surface area contributed by atoms with Crippen LogP contribution in [-0.4, -0.2) is 4.32 Å². The average Bonchev–Trinajstić information content (AvgIpc) is 2.35. The van der Waals surface area contributed by atoms with Gasteiger partial charge < -0.3 is 30.6 Å². The SMILES string of the molecule is CCCCCCCCc1cccc[c]1[Zn+].NC(=S)[S-]. The van der Waals surface area contributed by atoms with Crippen molar-refractivity contribution in [2.75, 3.05) is 0 Å². The molecule has 0 fully saturated rings. The van der Waals surface area contributed by atoms with Gasteiger partial charge in [0.05, 0.1) is 0 Å². The van der Waals surface area contributed by atoms with Crippen LogP contribution in [-0.2, 0) is 37.4 Å². The summed E-state index contributed by atoms with van der Waals surface area (Å²) in [6.07, 6.45) is 9.70. The second kappa shape index (κ2) is 13.0. The van der Waals surface area contributed by atoms with Gasteiger partial charge in [0.2, 0.25) is 0 Å². The van der Waals surface area contributed by atoms with Crippen molar-refractivity contribution in [3.8, 4) is 0 Å². The third-order valence-electron chi connectivity index (χ3n) is 2.92. The van der Waals surface area contributed by atoms with Crippen molar-refractivity contribution in [1.29, 1.82) is 0 Å². The molecule has 0 aliphatic rings. The Morgan fingerprint density at radius 2 is 1.68 bits per heavy atom. The van der Waals surface area contributed by atoms with Crippen LogP contribution in [0.25, 0.3) is 0 Å². The Bertz CT molecular complexity index is 352. The van der Waals surface area contributed by atoms with Crippen molar-refractivity contribution >= 4 is 33.3 Å². The molecule has 0 atom stereocenters. The van der Waals surface area contributed by atoms with Gasteiger partial charge in [-0.15, -0.1) is 0 Å². The summed E-state index contributed by atoms with van der Waals surface area (Å²) in [5, 5.41) is 0. The summed E-state index contributed by atoms with van der Waals surface area (Å²) in [4.78, 5) is 0. The normalized spacial score (nSPS) is 9.63. The van der Waals surface area contributed by atoms with E-state index in [0.29, 0.717) is 0 Å². The Morgan fingerprint density at radius 1 is 1.16 bits per heavy atom. The van der Waals surface area contributed by atoms with Crippen LogP contribution in [0.15, 0.2) is 24.3 Å². The van der Waals surface area contributed by atoms with Crippen molar-refractivity contribution in [3.63, 3.8) is 0 Å². The molecule has 1 rings (SSSR count). The maximum atomic E-state index is 4.66. The molecule has 102 valence electrons. The van der Waals surface area contributed by atoms with E-state index in [1.54, 1.807) is 9.72 Å². The van der Waals surface area contributed by atoms with Crippen molar-refractivity contribution in [2.45, 2.75) is 51.9 Å². The fraction of sp³-hybridized carbons (Fsp3) is 0.533. The van der Waals surface area contributed by atoms with Crippen LogP contribution < -0.4 is 9.89 Å². The zero-order valence-corrected chi connectivity index (χ0v) is 16.5. The van der Waals surface area contributed by atoms with Gasteiger partial charge in [-0.3, -0.25) is 0 Å². The molecule has 19 heavy (non-hydrogen) atoms. The van der Waals surface area contributed by atoms with Gasteiger partial charge in [-0.2, -0.15) is 0 Å². The van der Waals surface area contributed by atoms with E-state index in [9.17, 15) is 0 Å². The van der Waals surface area contributed by atoms with Gasteiger partial charge >= 0.3 is 104 Å². The van der Waals surface area contributed by atoms with Crippen LogP contribution >= 0.6 is 12.2 Å². The Hall–Kier alpha value is -0.0466. The number of nitrogens with two attached hydrogens (primary N) is 1. The third-order valence-corrected chi connectivity index (χ3v) is 4.37. The molecule has 0 saturated carbocycles. The standard InChI is InChI=1S/C14H21.CH3NS2.Zn/c1-2-3-4-5-6-8-11-14-12-9-7-10-13-14;2-1(3)4;/h7,9-10,12H,2-6,8,11H2,1H3;(H3,2,3,4);/q;;+1/p-1. The number of hydrogen-bond donors (Lipinski definition) is 1. The van der Waals surface area contributed by atoms with Gasteiger partial charge in [0.15, 0.2) is 0 Å². The monoisotopic (exact) mass is 345 g/mol. The molecule has 4 heteroatoms. The Labute approximate surface area is 138 Å². The number of thiocarbonyl (C=S) groups is 1. The van der Waals surface area contributed by atoms with Gasteiger partial charge in [0.1, 0.15) is 0 Å². The molecule has 1 nitrogen and oxygen atoms in total. The largest absolute Gasteiger partial charge is 0.415 e. The Kier molecular flexibility index (Phi) is 12.9. The fourth-order valence-corrected chi connectivity index (χ4v) is 2.80. The molecule has 0 aliphatic heterocycles. The van der Waals surface area contributed by atoms with Crippen LogP contribution in [0.5, 0.6) is 0 Å². The minimum atomic E-state index is 0.0833. The van der Waals surface area contributed by atoms with Gasteiger partial charge in [-0.25, -0.2) is 0 Å². The van der Waals surface area contributed by atoms with Crippen molar-refractivity contribution in [1.82, 2.24) is 0 Å². The molecule has 1 aromatic rings. The van der Waals surface area contributed by atoms with E-state index in [1.807, 2.05) is 0 Å². The van der Waals surface area contributed by atoms with Gasteiger partial charge in [-0.1, -0.05) is 4.32 Å². The molecule has 0 radical (unpaired) electrons. The molecule has 0 saturated heterocycles. The summed E-state index contributed by atoms with van der Waals surface area (Å²) in [5.74, 6) is 0. The second-order valence-electron chi connectivity index (χ2n) is 4.61. The van der Waals surface area contributed by atoms with E-state index in [1.165, 1.54) is 63.2 Å². The molecule has 0 aliphatic carbocycles. The zero-order valence-electron chi connectivity index (χ0n) is 11.9.